The Labute approximate surface area is 256 Å². The predicted octanol–water partition coefficient (Wildman–Crippen LogP) is 4.59. The molecule has 8 heterocycles. The Kier molecular flexibility index (Phi) is 6.49. The van der Waals surface area contributed by atoms with Crippen molar-refractivity contribution in [3.8, 4) is 17.4 Å². The largest absolute Gasteiger partial charge is 0.461 e. The lowest BCUT2D eigenvalue weighted by Gasteiger charge is -2.43. The number of anilines is 2. The average Bonchev–Trinajstić information content (AvgIpc) is 3.60. The van der Waals surface area contributed by atoms with Crippen LogP contribution in [0.4, 0.5) is 33.6 Å². The van der Waals surface area contributed by atoms with Crippen molar-refractivity contribution < 1.29 is 26.7 Å². The van der Waals surface area contributed by atoms with E-state index in [0.717, 1.165) is 38.3 Å². The third kappa shape index (κ3) is 4.53. The van der Waals surface area contributed by atoms with E-state index in [1.54, 1.807) is 0 Å². The number of nitrogens with two attached hydrogens (primary N) is 1. The van der Waals surface area contributed by atoms with Gasteiger partial charge in [0, 0.05) is 37.6 Å². The number of pyridine rings is 2. The number of nitrogens with one attached hydrogen (secondary N) is 1. The molecule has 0 spiro atoms. The highest BCUT2D eigenvalue weighted by atomic mass is 19.4. The molecule has 3 aromatic rings. The van der Waals surface area contributed by atoms with Crippen LogP contribution in [-0.4, -0.2) is 80.9 Å². The van der Waals surface area contributed by atoms with Crippen molar-refractivity contribution in [2.24, 2.45) is 5.92 Å². The first-order valence-electron chi connectivity index (χ1n) is 15.7. The van der Waals surface area contributed by atoms with Crippen LogP contribution in [0.3, 0.4) is 0 Å². The van der Waals surface area contributed by atoms with E-state index in [1.807, 2.05) is 0 Å². The SMILES string of the molecule is Cc1cc(N)nc(-c2nc3c4c(nc(OC[C@@]56CCCN5C[C@H](F)C6)nc4c2F)N2C[C@H]4CC[C@H](N4)[C@@H]2[C@@H](C)C3)c1C(F)(F)F. The molecule has 0 aromatic carbocycles. The van der Waals surface area contributed by atoms with Crippen molar-refractivity contribution >= 4 is 22.5 Å². The summed E-state index contributed by atoms with van der Waals surface area (Å²) in [4.78, 5) is 22.2. The summed E-state index contributed by atoms with van der Waals surface area (Å²) in [6, 6.07) is 1.43. The smallest absolute Gasteiger partial charge is 0.418 e. The Morgan fingerprint density at radius 2 is 1.96 bits per heavy atom. The summed E-state index contributed by atoms with van der Waals surface area (Å²) < 4.78 is 80.6. The summed E-state index contributed by atoms with van der Waals surface area (Å²) in [5, 5.41) is 4.07. The van der Waals surface area contributed by atoms with Crippen LogP contribution < -0.4 is 20.7 Å². The number of alkyl halides is 4. The second-order valence-corrected chi connectivity index (χ2v) is 13.6. The lowest BCUT2D eigenvalue weighted by Crippen LogP contribution is -2.60. The van der Waals surface area contributed by atoms with E-state index in [1.165, 1.54) is 6.92 Å². The monoisotopic (exact) mass is 630 g/mol. The molecule has 8 rings (SSSR count). The second kappa shape index (κ2) is 10.1. The van der Waals surface area contributed by atoms with E-state index in [4.69, 9.17) is 15.5 Å². The first-order chi connectivity index (χ1) is 21.4. The zero-order valence-electron chi connectivity index (χ0n) is 25.1. The van der Waals surface area contributed by atoms with Crippen LogP contribution in [0.2, 0.25) is 0 Å². The van der Waals surface area contributed by atoms with Gasteiger partial charge in [-0.1, -0.05) is 6.92 Å². The summed E-state index contributed by atoms with van der Waals surface area (Å²) in [5.74, 6) is -0.734. The predicted molar refractivity (Wildman–Crippen MR) is 157 cm³/mol. The first kappa shape index (κ1) is 29.0. The molecule has 0 radical (unpaired) electrons. The van der Waals surface area contributed by atoms with Gasteiger partial charge in [0.25, 0.3) is 0 Å². The average molecular weight is 631 g/mol. The number of aromatic nitrogens is 4. The number of aryl methyl sites for hydroxylation is 1. The van der Waals surface area contributed by atoms with Crippen molar-refractivity contribution in [3.63, 3.8) is 0 Å². The van der Waals surface area contributed by atoms with E-state index in [9.17, 15) is 17.6 Å². The number of hydrogen-bond donors (Lipinski definition) is 2. The van der Waals surface area contributed by atoms with E-state index >= 15 is 4.39 Å². The van der Waals surface area contributed by atoms with Crippen molar-refractivity contribution in [1.82, 2.24) is 30.2 Å². The molecule has 0 amide bonds. The molecule has 5 aliphatic heterocycles. The quantitative estimate of drug-likeness (QED) is 0.401. The normalized spacial score (nSPS) is 30.9. The van der Waals surface area contributed by atoms with Gasteiger partial charge in [-0.3, -0.25) is 4.90 Å². The van der Waals surface area contributed by atoms with Crippen molar-refractivity contribution in [3.05, 3.63) is 28.7 Å². The fraction of sp³-hybridized carbons (Fsp3) is 0.613. The Bertz CT molecular complexity index is 1700. The summed E-state index contributed by atoms with van der Waals surface area (Å²) in [6.07, 6.45) is -1.41. The number of fused-ring (bicyclic) bond motifs is 6. The highest BCUT2D eigenvalue weighted by Gasteiger charge is 2.50. The van der Waals surface area contributed by atoms with Gasteiger partial charge in [-0.25, -0.2) is 18.7 Å². The topological polar surface area (TPSA) is 105 Å². The van der Waals surface area contributed by atoms with Gasteiger partial charge >= 0.3 is 12.2 Å². The van der Waals surface area contributed by atoms with Crippen molar-refractivity contribution in [2.45, 2.75) is 88.4 Å². The minimum atomic E-state index is -4.83. The molecule has 0 unspecified atom stereocenters. The molecule has 4 fully saturated rings. The second-order valence-electron chi connectivity index (χ2n) is 13.6. The number of piperazine rings is 1. The summed E-state index contributed by atoms with van der Waals surface area (Å²) in [5.41, 5.74) is 3.14. The van der Waals surface area contributed by atoms with Gasteiger partial charge in [-0.2, -0.15) is 23.1 Å². The zero-order chi connectivity index (χ0) is 31.4. The number of hydrogen-bond acceptors (Lipinski definition) is 9. The number of rotatable bonds is 4. The van der Waals surface area contributed by atoms with E-state index in [0.29, 0.717) is 42.8 Å². The Hall–Kier alpha value is -3.39. The molecule has 14 heteroatoms. The minimum Gasteiger partial charge on any atom is -0.461 e. The molecule has 3 aromatic heterocycles. The summed E-state index contributed by atoms with van der Waals surface area (Å²) in [7, 11) is 0. The van der Waals surface area contributed by atoms with Crippen LogP contribution in [0, 0.1) is 18.7 Å². The fourth-order valence-electron chi connectivity index (χ4n) is 8.85. The van der Waals surface area contributed by atoms with E-state index in [2.05, 4.69) is 37.0 Å². The van der Waals surface area contributed by atoms with Crippen LogP contribution in [0.25, 0.3) is 22.3 Å². The molecule has 3 N–H and O–H groups in total. The molecule has 9 nitrogen and oxygen atoms in total. The first-order valence-corrected chi connectivity index (χ1v) is 15.7. The maximum atomic E-state index is 16.8. The molecule has 4 saturated heterocycles. The molecule has 45 heavy (non-hydrogen) atoms. The standard InChI is InChI=1S/C31H35F5N8O/c1-14-9-20(37)40-25(22(14)31(34,35)36)26-23(33)24-21-19(39-26)8-15(2)27-18-5-4-17(38-18)12-44(27)28(21)42-29(41-24)45-13-30-6-3-7-43(30)11-16(32)10-30/h9,15-18,27,38H,3-8,10-13H2,1-2H3,(H2,37,40)/t15-,16+,17+,18-,27-,30-/m0/s1. The fourth-order valence-corrected chi connectivity index (χ4v) is 8.85. The number of nitrogen functional groups attached to an aromatic ring is 1. The van der Waals surface area contributed by atoms with Gasteiger partial charge in [0.1, 0.15) is 41.3 Å². The number of nitrogens with zero attached hydrogens (tertiary/aromatic N) is 6. The molecule has 0 aliphatic carbocycles. The summed E-state index contributed by atoms with van der Waals surface area (Å²) >= 11 is 0. The van der Waals surface area contributed by atoms with E-state index in [-0.39, 0.29) is 53.6 Å². The van der Waals surface area contributed by atoms with Crippen LogP contribution in [0.15, 0.2) is 6.07 Å². The molecular weight excluding hydrogens is 595 g/mol. The van der Waals surface area contributed by atoms with Crippen LogP contribution in [0.1, 0.15) is 55.8 Å². The lowest BCUT2D eigenvalue weighted by atomic mass is 9.89. The Morgan fingerprint density at radius 1 is 1.13 bits per heavy atom. The lowest BCUT2D eigenvalue weighted by molar-refractivity contribution is -0.137. The highest BCUT2D eigenvalue weighted by Crippen LogP contribution is 2.46. The van der Waals surface area contributed by atoms with Crippen molar-refractivity contribution in [2.75, 3.05) is 36.9 Å². The molecule has 2 bridgehead atoms. The molecule has 0 saturated carbocycles. The maximum absolute atomic E-state index is 16.8. The van der Waals surface area contributed by atoms with Gasteiger partial charge in [-0.15, -0.1) is 0 Å². The van der Waals surface area contributed by atoms with Crippen molar-refractivity contribution in [1.29, 1.82) is 0 Å². The van der Waals surface area contributed by atoms with Crippen LogP contribution >= 0.6 is 0 Å². The van der Waals surface area contributed by atoms with Gasteiger partial charge < -0.3 is 20.7 Å². The van der Waals surface area contributed by atoms with Gasteiger partial charge in [0.2, 0.25) is 0 Å². The Morgan fingerprint density at radius 3 is 2.76 bits per heavy atom. The zero-order valence-corrected chi connectivity index (χ0v) is 25.1. The molecule has 5 aliphatic rings. The molecule has 6 atom stereocenters. The number of ether oxygens (including phenoxy) is 1. The summed E-state index contributed by atoms with van der Waals surface area (Å²) in [6.45, 7) is 5.23. The van der Waals surface area contributed by atoms with Crippen LogP contribution in [0.5, 0.6) is 6.01 Å². The third-order valence-corrected chi connectivity index (χ3v) is 10.6. The molecular formula is C31H35F5N8O. The minimum absolute atomic E-state index is 0.0000631. The van der Waals surface area contributed by atoms with Crippen LogP contribution in [-0.2, 0) is 12.6 Å². The van der Waals surface area contributed by atoms with E-state index < -0.39 is 40.7 Å². The van der Waals surface area contributed by atoms with Gasteiger partial charge in [0.15, 0.2) is 5.82 Å². The van der Waals surface area contributed by atoms with Gasteiger partial charge in [-0.05, 0) is 63.1 Å². The highest BCUT2D eigenvalue weighted by molar-refractivity contribution is 5.95. The third-order valence-electron chi connectivity index (χ3n) is 10.6. The van der Waals surface area contributed by atoms with Gasteiger partial charge in [0.05, 0.1) is 22.2 Å². The molecule has 240 valence electrons. The number of halogens is 5. The Balaban J connectivity index is 1.32. The maximum Gasteiger partial charge on any atom is 0.418 e.